The number of ether oxygens (including phenoxy) is 9. The first-order valence-corrected chi connectivity index (χ1v) is 44.9. The van der Waals surface area contributed by atoms with E-state index < -0.39 is 65.8 Å². The summed E-state index contributed by atoms with van der Waals surface area (Å²) in [7, 11) is 4.47. The molecule has 129 heavy (non-hydrogen) atoms. The number of para-hydroxylation sites is 1. The van der Waals surface area contributed by atoms with E-state index in [0.29, 0.717) is 45.5 Å². The maximum absolute atomic E-state index is 13.8. The molecule has 3 amide bonds. The highest BCUT2D eigenvalue weighted by Crippen LogP contribution is 2.40. The molecule has 10 rings (SSSR count). The lowest BCUT2D eigenvalue weighted by atomic mass is 9.99. The molecule has 0 saturated carbocycles. The van der Waals surface area contributed by atoms with Crippen molar-refractivity contribution in [3.05, 3.63) is 216 Å². The molecule has 690 valence electrons. The summed E-state index contributed by atoms with van der Waals surface area (Å²) in [5.74, 6) is -4.36. The van der Waals surface area contributed by atoms with Gasteiger partial charge in [0, 0.05) is 16.8 Å². The van der Waals surface area contributed by atoms with Crippen LogP contribution in [0.3, 0.4) is 0 Å². The summed E-state index contributed by atoms with van der Waals surface area (Å²) in [5.41, 5.74) is 8.34. The van der Waals surface area contributed by atoms with Gasteiger partial charge in [-0.25, -0.2) is 34.0 Å². The number of rotatable bonds is 45. The van der Waals surface area contributed by atoms with Crippen molar-refractivity contribution in [2.75, 3.05) is 55.5 Å². The van der Waals surface area contributed by atoms with Crippen LogP contribution in [0.5, 0.6) is 28.7 Å². The second-order valence-corrected chi connectivity index (χ2v) is 32.6. The number of benzene rings is 7. The van der Waals surface area contributed by atoms with Crippen LogP contribution in [0.4, 0.5) is 34.1 Å². The topological polar surface area (TPSA) is 365 Å². The molecule has 2 aliphatic heterocycles. The Bertz CT molecular complexity index is 5030. The number of aromatic hydroxyl groups is 1. The predicted octanol–water partition coefficient (Wildman–Crippen LogP) is 23.0. The molecule has 35 heteroatoms. The summed E-state index contributed by atoms with van der Waals surface area (Å²) in [6.45, 7) is 10.8. The largest absolute Gasteiger partial charge is 0.508 e. The summed E-state index contributed by atoms with van der Waals surface area (Å²) in [6.07, 6.45) is 27.4. The number of carbonyl (C=O) groups is 8. The molecule has 29 nitrogen and oxygen atoms in total. The highest BCUT2D eigenvalue weighted by atomic mass is 35.5. The average Bonchev–Trinajstić information content (AvgIpc) is 1.63. The molecule has 1 saturated heterocycles. The van der Waals surface area contributed by atoms with Crippen molar-refractivity contribution in [3.8, 4) is 28.7 Å². The third-order valence-electron chi connectivity index (χ3n) is 20.2. The highest BCUT2D eigenvalue weighted by Gasteiger charge is 2.41. The van der Waals surface area contributed by atoms with E-state index in [1.54, 1.807) is 79.7 Å². The summed E-state index contributed by atoms with van der Waals surface area (Å²) in [5, 5.41) is 36.3. The van der Waals surface area contributed by atoms with Gasteiger partial charge >= 0.3 is 29.8 Å². The van der Waals surface area contributed by atoms with Crippen LogP contribution in [-0.4, -0.2) is 123 Å². The fourth-order valence-corrected chi connectivity index (χ4v) is 14.2. The van der Waals surface area contributed by atoms with Crippen LogP contribution in [0.15, 0.2) is 195 Å². The van der Waals surface area contributed by atoms with Crippen LogP contribution in [0, 0.1) is 12.8 Å². The van der Waals surface area contributed by atoms with Crippen LogP contribution in [0.25, 0.3) is 0 Å². The van der Waals surface area contributed by atoms with E-state index in [9.17, 15) is 43.5 Å². The second kappa shape index (κ2) is 54.1. The number of unbranched alkanes of at least 4 members (excludes halogenated alkanes) is 18. The van der Waals surface area contributed by atoms with Crippen molar-refractivity contribution in [3.63, 3.8) is 0 Å². The number of hydrogen-bond donors (Lipinski definition) is 6. The van der Waals surface area contributed by atoms with E-state index >= 15 is 0 Å². The number of carbonyl (C=O) groups excluding carboxylic acids is 8. The van der Waals surface area contributed by atoms with Crippen LogP contribution in [-0.2, 0) is 52.5 Å². The number of phenols is 1. The van der Waals surface area contributed by atoms with E-state index in [2.05, 4.69) is 66.2 Å². The van der Waals surface area contributed by atoms with Crippen molar-refractivity contribution in [2.24, 2.45) is 31.5 Å². The Kier molecular flexibility index (Phi) is 43.2. The Labute approximate surface area is 781 Å². The standard InChI is InChI=1S/C48H70Cl2N2O10.C33H28Cl4N6O6.C13H11N3O2/c1-6-8-10-12-14-16-18-20-22-24-30-59-45(55)35(4)61-47(57)37-26-28-39(49)41(32-37)51-43(53)34(3)44(54)52-42-33-38(27-29-40(42)50)48(58)62-36(5)46(56)60-31-25-23-21-19-17-15-13-11-9-7-2;1-17-11-21(7-9-26(17)44)49-16-29(48-4)38-19-5-8-22(35)25(14-19)39-32-30(41-40-20-6-10-27(46-2)28(15-20)47-3)33(45)43(42-32)31-23(36)12-18(34)13-24(31)37;17-13(18-10-4-2-1-3-5-10)9-6-7-11-12(8-9)15-16-14-11/h26-29,32-36H,6-25,30-31H2,1-5H3,(H,51,53)(H,52,54);5-16,30,38,44H,1-4H3,(H,39,42);1-8,11-12H,(H,14,15)/b;29-16+,41-40?;. The minimum absolute atomic E-state index is 0.00305. The lowest BCUT2D eigenvalue weighted by Gasteiger charge is -2.19. The number of nitrogens with one attached hydrogen (secondary N) is 5. The summed E-state index contributed by atoms with van der Waals surface area (Å²) < 4.78 is 48.3. The van der Waals surface area contributed by atoms with Crippen LogP contribution in [0.1, 0.15) is 189 Å². The Hall–Kier alpha value is -11.5. The number of amides is 3. The molecule has 2 heterocycles. The van der Waals surface area contributed by atoms with Gasteiger partial charge in [-0.3, -0.25) is 25.2 Å². The molecule has 1 fully saturated rings. The number of methoxy groups -OCH3 is 3. The molecular formula is C94H109Cl6N11O18. The third kappa shape index (κ3) is 33.2. The smallest absolute Gasteiger partial charge is 0.347 e. The summed E-state index contributed by atoms with van der Waals surface area (Å²) in [6, 6.07) is 33.3. The number of aryl methyl sites for hydroxylation is 1. The fraction of sp³-hybridized carbons (Fsp3) is 0.394. The minimum Gasteiger partial charge on any atom is -0.508 e. The molecule has 1 aliphatic carbocycles. The zero-order chi connectivity index (χ0) is 93.3. The molecule has 0 bridgehead atoms. The Morgan fingerprint density at radius 2 is 1.11 bits per heavy atom. The Morgan fingerprint density at radius 1 is 0.574 bits per heavy atom. The monoisotopic (exact) mass is 1890 g/mol. The first-order chi connectivity index (χ1) is 62.1. The number of halogens is 6. The van der Waals surface area contributed by atoms with Gasteiger partial charge in [-0.05, 0) is 167 Å². The zero-order valence-electron chi connectivity index (χ0n) is 73.4. The molecule has 7 aromatic carbocycles. The number of fused-ring (bicyclic) bond motifs is 1. The quantitative estimate of drug-likeness (QED) is 0.00393. The third-order valence-corrected chi connectivity index (χ3v) is 21.9. The van der Waals surface area contributed by atoms with Crippen molar-refractivity contribution in [1.82, 2.24) is 10.9 Å². The normalized spacial score (nSPS) is 15.2. The SMILES string of the molecule is CCCCCCCCCCCCOC(=O)C(C)OC(=O)c1ccc(Cl)c(NC(=O)C(C)C(=O)Nc2cc(C(=O)OC(C)C(=O)OCCCCCCCCCCCC)ccc2Cl)c1.CO/C(=C/Oc1ccc(O)c(C)c1)Nc1ccc(Cl)c(N=C2NN(c3c(Cl)cc(Cl)cc3Cl)C(=O)C2N=Nc2ccc(OC)c(OC)c2)c1.O=C(Oc1ccccc1)C1=CC2NN=NC2C=C1. The number of esters is 5. The molecule has 0 aromatic heterocycles. The van der Waals surface area contributed by atoms with Gasteiger partial charge in [0.15, 0.2) is 35.8 Å². The molecular weight excluding hydrogens is 1780 g/mol. The van der Waals surface area contributed by atoms with E-state index in [4.69, 9.17) is 112 Å². The lowest BCUT2D eigenvalue weighted by molar-refractivity contribution is -0.153. The number of anilines is 4. The fourth-order valence-electron chi connectivity index (χ4n) is 12.7. The number of hydrogen-bond acceptors (Lipinski definition) is 25. The first-order valence-electron chi connectivity index (χ1n) is 42.6. The predicted molar refractivity (Wildman–Crippen MR) is 500 cm³/mol. The van der Waals surface area contributed by atoms with E-state index in [1.165, 1.54) is 180 Å². The molecule has 5 unspecified atom stereocenters. The first kappa shape index (κ1) is 103. The number of azo groups is 1. The molecule has 6 N–H and O–H groups in total. The Morgan fingerprint density at radius 3 is 1.64 bits per heavy atom. The van der Waals surface area contributed by atoms with E-state index in [1.807, 2.05) is 24.3 Å². The van der Waals surface area contributed by atoms with Crippen LogP contribution in [0.2, 0.25) is 30.1 Å². The van der Waals surface area contributed by atoms with Gasteiger partial charge < -0.3 is 63.7 Å². The maximum atomic E-state index is 13.8. The average molecular weight is 1890 g/mol. The Balaban J connectivity index is 0.000000269. The summed E-state index contributed by atoms with van der Waals surface area (Å²) >= 11 is 38.2. The van der Waals surface area contributed by atoms with Crippen LogP contribution >= 0.6 is 69.6 Å². The lowest BCUT2D eigenvalue weighted by Crippen LogP contribution is -2.36. The van der Waals surface area contributed by atoms with E-state index in [0.717, 1.165) is 56.4 Å². The maximum Gasteiger partial charge on any atom is 0.347 e. The van der Waals surface area contributed by atoms with Crippen molar-refractivity contribution in [1.29, 1.82) is 0 Å². The van der Waals surface area contributed by atoms with Gasteiger partial charge in [-0.15, -0.1) is 0 Å². The van der Waals surface area contributed by atoms with Crippen molar-refractivity contribution in [2.45, 2.75) is 200 Å². The van der Waals surface area contributed by atoms with Crippen molar-refractivity contribution >= 4 is 157 Å². The molecule has 5 atom stereocenters. The molecule has 0 radical (unpaired) electrons. The number of phenolic OH excluding ortho intramolecular Hbond substituents is 1. The van der Waals surface area contributed by atoms with Gasteiger partial charge in [0.2, 0.25) is 23.7 Å². The number of nitrogens with zero attached hydrogens (tertiary/aromatic N) is 6. The second-order valence-electron chi connectivity index (χ2n) is 30.1. The highest BCUT2D eigenvalue weighted by molar-refractivity contribution is 6.43. The van der Waals surface area contributed by atoms with Crippen molar-refractivity contribution < 1.29 is 86.1 Å². The minimum atomic E-state index is -1.30. The molecule has 0 spiro atoms. The van der Waals surface area contributed by atoms with Gasteiger partial charge in [0.05, 0.1) is 105 Å². The summed E-state index contributed by atoms with van der Waals surface area (Å²) in [4.78, 5) is 108. The number of aliphatic imine (C=N–C) groups is 1. The molecule has 7 aromatic rings. The molecule has 3 aliphatic rings. The number of amidine groups is 1. The van der Waals surface area contributed by atoms with Gasteiger partial charge in [0.25, 0.3) is 5.91 Å². The number of hydrazine groups is 1. The zero-order valence-corrected chi connectivity index (χ0v) is 77.9. The van der Waals surface area contributed by atoms with Crippen LogP contribution < -0.4 is 50.8 Å². The van der Waals surface area contributed by atoms with E-state index in [-0.39, 0.29) is 113 Å². The van der Waals surface area contributed by atoms with Gasteiger partial charge in [0.1, 0.15) is 34.9 Å². The van der Waals surface area contributed by atoms with Gasteiger partial charge in [-0.1, -0.05) is 229 Å². The van der Waals surface area contributed by atoms with Gasteiger partial charge in [-0.2, -0.15) is 15.3 Å².